The van der Waals surface area contributed by atoms with Crippen LogP contribution in [0, 0.1) is 13.8 Å². The molecule has 0 bridgehead atoms. The minimum atomic E-state index is 0.710. The second-order valence-corrected chi connectivity index (χ2v) is 8.07. The number of thioether (sulfide) groups is 1. The summed E-state index contributed by atoms with van der Waals surface area (Å²) in [7, 11) is 0. The molecule has 0 N–H and O–H groups in total. The summed E-state index contributed by atoms with van der Waals surface area (Å²) in [6.45, 7) is 4.17. The number of hydrogen-bond donors (Lipinski definition) is 0. The Morgan fingerprint density at radius 1 is 0.900 bits per heavy atom. The SMILES string of the molecule is Cc1ccc(-n2c(SCc3cn4c(C)cccc4n3)nnc2-c2ccncc2)cc1. The molecule has 0 aliphatic heterocycles. The van der Waals surface area contributed by atoms with Crippen LogP contribution in [0.3, 0.4) is 0 Å². The first-order valence-electron chi connectivity index (χ1n) is 9.68. The van der Waals surface area contributed by atoms with Gasteiger partial charge in [0.15, 0.2) is 11.0 Å². The van der Waals surface area contributed by atoms with E-state index >= 15 is 0 Å². The molecule has 0 unspecified atom stereocenters. The number of pyridine rings is 2. The third kappa shape index (κ3) is 3.48. The molecule has 0 aliphatic rings. The number of hydrogen-bond acceptors (Lipinski definition) is 5. The fourth-order valence-electron chi connectivity index (χ4n) is 3.38. The van der Waals surface area contributed by atoms with Gasteiger partial charge in [0.05, 0.1) is 5.69 Å². The average Bonchev–Trinajstić information content (AvgIpc) is 3.38. The molecule has 1 aromatic carbocycles. The van der Waals surface area contributed by atoms with Crippen LogP contribution in [0.1, 0.15) is 17.0 Å². The quantitative estimate of drug-likeness (QED) is 0.385. The molecule has 0 saturated heterocycles. The van der Waals surface area contributed by atoms with E-state index in [1.54, 1.807) is 24.2 Å². The maximum Gasteiger partial charge on any atom is 0.196 e. The largest absolute Gasteiger partial charge is 0.304 e. The van der Waals surface area contributed by atoms with E-state index in [0.29, 0.717) is 5.75 Å². The van der Waals surface area contributed by atoms with Gasteiger partial charge in [-0.25, -0.2) is 4.98 Å². The molecule has 0 saturated carbocycles. The predicted molar refractivity (Wildman–Crippen MR) is 119 cm³/mol. The van der Waals surface area contributed by atoms with E-state index in [-0.39, 0.29) is 0 Å². The topological polar surface area (TPSA) is 60.9 Å². The molecule has 30 heavy (non-hydrogen) atoms. The number of benzene rings is 1. The highest BCUT2D eigenvalue weighted by Gasteiger charge is 2.17. The van der Waals surface area contributed by atoms with Crippen molar-refractivity contribution < 1.29 is 0 Å². The minimum Gasteiger partial charge on any atom is -0.304 e. The van der Waals surface area contributed by atoms with E-state index in [1.165, 1.54) is 11.3 Å². The van der Waals surface area contributed by atoms with Gasteiger partial charge in [0, 0.05) is 41.3 Å². The summed E-state index contributed by atoms with van der Waals surface area (Å²) in [5, 5.41) is 9.82. The molecule has 148 valence electrons. The van der Waals surface area contributed by atoms with Gasteiger partial charge < -0.3 is 4.40 Å². The van der Waals surface area contributed by atoms with Gasteiger partial charge in [-0.1, -0.05) is 35.5 Å². The van der Waals surface area contributed by atoms with Crippen molar-refractivity contribution in [2.24, 2.45) is 0 Å². The summed E-state index contributed by atoms with van der Waals surface area (Å²) in [4.78, 5) is 8.87. The Morgan fingerprint density at radius 2 is 1.70 bits per heavy atom. The zero-order valence-corrected chi connectivity index (χ0v) is 17.5. The molecular formula is C23H20N6S. The van der Waals surface area contributed by atoms with Crippen LogP contribution in [-0.2, 0) is 5.75 Å². The second kappa shape index (κ2) is 7.76. The summed E-state index contributed by atoms with van der Waals surface area (Å²) in [6.07, 6.45) is 5.64. The van der Waals surface area contributed by atoms with Crippen molar-refractivity contribution in [3.05, 3.63) is 90.1 Å². The molecule has 6 nitrogen and oxygen atoms in total. The van der Waals surface area contributed by atoms with Gasteiger partial charge in [0.25, 0.3) is 0 Å². The van der Waals surface area contributed by atoms with Crippen LogP contribution in [0.4, 0.5) is 0 Å². The Bertz CT molecular complexity index is 1310. The van der Waals surface area contributed by atoms with E-state index in [9.17, 15) is 0 Å². The Labute approximate surface area is 178 Å². The Balaban J connectivity index is 1.52. The lowest BCUT2D eigenvalue weighted by atomic mass is 10.2. The number of imidazole rings is 1. The van der Waals surface area contributed by atoms with Crippen LogP contribution in [-0.4, -0.2) is 29.1 Å². The van der Waals surface area contributed by atoms with Crippen LogP contribution in [0.5, 0.6) is 0 Å². The van der Waals surface area contributed by atoms with Gasteiger partial charge in [0.2, 0.25) is 0 Å². The molecule has 5 rings (SSSR count). The number of aromatic nitrogens is 6. The molecule has 0 aliphatic carbocycles. The molecule has 0 fully saturated rings. The van der Waals surface area contributed by atoms with Crippen LogP contribution in [0.15, 0.2) is 78.3 Å². The lowest BCUT2D eigenvalue weighted by Crippen LogP contribution is -2.00. The molecular weight excluding hydrogens is 392 g/mol. The zero-order chi connectivity index (χ0) is 20.5. The van der Waals surface area contributed by atoms with Gasteiger partial charge >= 0.3 is 0 Å². The molecule has 4 aromatic heterocycles. The van der Waals surface area contributed by atoms with E-state index in [1.807, 2.05) is 24.3 Å². The first kappa shape index (κ1) is 18.6. The number of fused-ring (bicyclic) bond motifs is 1. The molecule has 4 heterocycles. The van der Waals surface area contributed by atoms with Crippen molar-refractivity contribution in [2.45, 2.75) is 24.8 Å². The molecule has 0 amide bonds. The normalized spacial score (nSPS) is 11.3. The highest BCUT2D eigenvalue weighted by molar-refractivity contribution is 7.98. The summed E-state index contributed by atoms with van der Waals surface area (Å²) < 4.78 is 4.21. The van der Waals surface area contributed by atoms with Crippen molar-refractivity contribution in [3.63, 3.8) is 0 Å². The third-order valence-electron chi connectivity index (χ3n) is 4.96. The lowest BCUT2D eigenvalue weighted by molar-refractivity contribution is 0.885. The smallest absolute Gasteiger partial charge is 0.196 e. The Hall–Kier alpha value is -3.45. The number of nitrogens with zero attached hydrogens (tertiary/aromatic N) is 6. The van der Waals surface area contributed by atoms with Crippen molar-refractivity contribution >= 4 is 17.4 Å². The van der Waals surface area contributed by atoms with Crippen molar-refractivity contribution in [2.75, 3.05) is 0 Å². The fraction of sp³-hybridized carbons (Fsp3) is 0.130. The molecule has 5 aromatic rings. The molecule has 0 radical (unpaired) electrons. The van der Waals surface area contributed by atoms with Crippen molar-refractivity contribution in [3.8, 4) is 17.1 Å². The standard InChI is InChI=1S/C23H20N6S/c1-16-6-8-20(9-7-16)29-22(18-10-12-24-13-11-18)26-27-23(29)30-15-19-14-28-17(2)4-3-5-21(28)25-19/h3-14H,15H2,1-2H3. The highest BCUT2D eigenvalue weighted by Crippen LogP contribution is 2.29. The van der Waals surface area contributed by atoms with Gasteiger partial charge in [-0.05, 0) is 50.2 Å². The van der Waals surface area contributed by atoms with Crippen LogP contribution >= 0.6 is 11.8 Å². The monoisotopic (exact) mass is 412 g/mol. The van der Waals surface area contributed by atoms with Gasteiger partial charge in [-0.2, -0.15) is 0 Å². The third-order valence-corrected chi connectivity index (χ3v) is 5.92. The lowest BCUT2D eigenvalue weighted by Gasteiger charge is -2.10. The summed E-state index contributed by atoms with van der Waals surface area (Å²) in [5.74, 6) is 1.51. The van der Waals surface area contributed by atoms with E-state index in [4.69, 9.17) is 4.98 Å². The first-order chi connectivity index (χ1) is 14.7. The maximum absolute atomic E-state index is 4.74. The average molecular weight is 413 g/mol. The minimum absolute atomic E-state index is 0.710. The van der Waals surface area contributed by atoms with Gasteiger partial charge in [-0.3, -0.25) is 9.55 Å². The van der Waals surface area contributed by atoms with Crippen molar-refractivity contribution in [1.82, 2.24) is 29.1 Å². The van der Waals surface area contributed by atoms with Crippen LogP contribution in [0.2, 0.25) is 0 Å². The van der Waals surface area contributed by atoms with E-state index in [0.717, 1.165) is 33.6 Å². The van der Waals surface area contributed by atoms with Crippen molar-refractivity contribution in [1.29, 1.82) is 0 Å². The van der Waals surface area contributed by atoms with Gasteiger partial charge in [-0.15, -0.1) is 10.2 Å². The second-order valence-electron chi connectivity index (χ2n) is 7.13. The van der Waals surface area contributed by atoms with Gasteiger partial charge in [0.1, 0.15) is 5.65 Å². The number of rotatable bonds is 5. The summed E-state index contributed by atoms with van der Waals surface area (Å²) in [6, 6.07) is 18.4. The molecule has 0 spiro atoms. The Kier molecular flexibility index (Phi) is 4.80. The zero-order valence-electron chi connectivity index (χ0n) is 16.7. The first-order valence-corrected chi connectivity index (χ1v) is 10.7. The molecule has 7 heteroatoms. The summed E-state index contributed by atoms with van der Waals surface area (Å²) in [5.41, 5.74) is 6.37. The highest BCUT2D eigenvalue weighted by atomic mass is 32.2. The summed E-state index contributed by atoms with van der Waals surface area (Å²) >= 11 is 1.63. The fourth-order valence-corrected chi connectivity index (χ4v) is 4.22. The van der Waals surface area contributed by atoms with Crippen LogP contribution < -0.4 is 0 Å². The number of aryl methyl sites for hydroxylation is 2. The Morgan fingerprint density at radius 3 is 2.47 bits per heavy atom. The maximum atomic E-state index is 4.74. The van der Waals surface area contributed by atoms with E-state index in [2.05, 4.69) is 74.5 Å². The molecule has 0 atom stereocenters. The van der Waals surface area contributed by atoms with Crippen LogP contribution in [0.25, 0.3) is 22.7 Å². The van der Waals surface area contributed by atoms with E-state index < -0.39 is 0 Å². The predicted octanol–water partition coefficient (Wildman–Crippen LogP) is 4.89.